The summed E-state index contributed by atoms with van der Waals surface area (Å²) in [4.78, 5) is 25.2. The molecule has 4 aliphatic carbocycles. The average Bonchev–Trinajstić information content (AvgIpc) is 3.23. The van der Waals surface area contributed by atoms with Crippen molar-refractivity contribution in [3.8, 4) is 6.07 Å². The van der Waals surface area contributed by atoms with E-state index in [1.807, 2.05) is 13.8 Å². The molecule has 0 saturated heterocycles. The number of nitrogens with zero attached hydrogens (tertiary/aromatic N) is 1. The van der Waals surface area contributed by atoms with E-state index in [1.165, 1.54) is 0 Å². The largest absolute Gasteiger partial charge is 0.481 e. The average molecular weight is 386 g/mol. The van der Waals surface area contributed by atoms with Gasteiger partial charge in [-0.2, -0.15) is 5.26 Å². The van der Waals surface area contributed by atoms with Crippen LogP contribution in [0.4, 0.5) is 0 Å². The molecule has 1 N–H and O–H groups in total. The lowest BCUT2D eigenvalue weighted by atomic mass is 9.43. The molecule has 0 amide bonds. The summed E-state index contributed by atoms with van der Waals surface area (Å²) in [7, 11) is 0. The molecule has 3 fully saturated rings. The van der Waals surface area contributed by atoms with Crippen molar-refractivity contribution in [2.24, 2.45) is 45.8 Å². The number of carbonyl (C=O) groups excluding carboxylic acids is 1. The Morgan fingerprint density at radius 3 is 2.64 bits per heavy atom. The lowest BCUT2D eigenvalue weighted by Gasteiger charge is -2.57. The summed E-state index contributed by atoms with van der Waals surface area (Å²) in [6.45, 7) is 8.15. The highest BCUT2D eigenvalue weighted by Crippen LogP contribution is 2.83. The molecular weight excluding hydrogens is 354 g/mol. The molecule has 152 valence electrons. The van der Waals surface area contributed by atoms with Gasteiger partial charge in [-0.1, -0.05) is 45.8 Å². The minimum atomic E-state index is -1.24. The number of esters is 1. The third kappa shape index (κ3) is 1.92. The molecule has 4 bridgehead atoms. The Morgan fingerprint density at radius 2 is 2.07 bits per heavy atom. The summed E-state index contributed by atoms with van der Waals surface area (Å²) < 4.78 is 5.66. The summed E-state index contributed by atoms with van der Waals surface area (Å²) in [5, 5.41) is 21.3. The maximum absolute atomic E-state index is 13.1. The van der Waals surface area contributed by atoms with E-state index in [1.54, 1.807) is 6.92 Å². The number of carboxylic acids is 1. The van der Waals surface area contributed by atoms with Crippen molar-refractivity contribution < 1.29 is 19.4 Å². The highest BCUT2D eigenvalue weighted by Gasteiger charge is 2.85. The highest BCUT2D eigenvalue weighted by molar-refractivity contribution is 5.85. The van der Waals surface area contributed by atoms with E-state index >= 15 is 0 Å². The molecule has 0 unspecified atom stereocenters. The Labute approximate surface area is 167 Å². The second kappa shape index (κ2) is 6.08. The van der Waals surface area contributed by atoms with Crippen LogP contribution in [-0.2, 0) is 14.3 Å². The highest BCUT2D eigenvalue weighted by atomic mass is 16.5. The SMILES string of the molecule is CCC(=O)OC[C@@]12C[C@@H]3[C@H](C)CC[C@H]3[C@@]3(C#N)C[C@@H]1C=C(C(C)C)[C@@]23C(=O)O. The molecule has 0 aromatic heterocycles. The number of hydrogen-bond donors (Lipinski definition) is 1. The molecule has 5 heteroatoms. The predicted molar refractivity (Wildman–Crippen MR) is 103 cm³/mol. The van der Waals surface area contributed by atoms with Crippen LogP contribution in [0.25, 0.3) is 0 Å². The van der Waals surface area contributed by atoms with Crippen molar-refractivity contribution in [2.45, 2.75) is 59.8 Å². The van der Waals surface area contributed by atoms with Crippen LogP contribution in [0.15, 0.2) is 11.6 Å². The minimum Gasteiger partial charge on any atom is -0.481 e. The first kappa shape index (κ1) is 19.5. The van der Waals surface area contributed by atoms with Crippen LogP contribution >= 0.6 is 0 Å². The number of rotatable bonds is 5. The van der Waals surface area contributed by atoms with Gasteiger partial charge in [0.2, 0.25) is 0 Å². The normalized spacial score (nSPS) is 45.5. The van der Waals surface area contributed by atoms with Crippen molar-refractivity contribution in [1.82, 2.24) is 0 Å². The van der Waals surface area contributed by atoms with Crippen LogP contribution in [0.2, 0.25) is 0 Å². The van der Waals surface area contributed by atoms with Crippen LogP contribution in [0.1, 0.15) is 59.8 Å². The number of fused-ring (bicyclic) bond motifs is 2. The number of carboxylic acid groups (broad SMARTS) is 1. The van der Waals surface area contributed by atoms with Gasteiger partial charge in [0.15, 0.2) is 0 Å². The fraction of sp³-hybridized carbons (Fsp3) is 0.783. The van der Waals surface area contributed by atoms with Gasteiger partial charge in [0, 0.05) is 11.8 Å². The maximum Gasteiger partial charge on any atom is 0.316 e. The van der Waals surface area contributed by atoms with Gasteiger partial charge in [-0.15, -0.1) is 0 Å². The van der Waals surface area contributed by atoms with E-state index < -0.39 is 22.2 Å². The second-order valence-electron chi connectivity index (χ2n) is 9.93. The summed E-state index contributed by atoms with van der Waals surface area (Å²) >= 11 is 0. The van der Waals surface area contributed by atoms with Crippen LogP contribution in [-0.4, -0.2) is 23.7 Å². The van der Waals surface area contributed by atoms with Crippen LogP contribution in [0, 0.1) is 57.2 Å². The van der Waals surface area contributed by atoms with Crippen LogP contribution in [0.5, 0.6) is 0 Å². The Hall–Kier alpha value is -1.83. The molecule has 4 rings (SSSR count). The first-order valence-electron chi connectivity index (χ1n) is 10.7. The zero-order chi connectivity index (χ0) is 20.5. The number of aliphatic carboxylic acids is 1. The number of carbonyl (C=O) groups is 2. The lowest BCUT2D eigenvalue weighted by molar-refractivity contribution is -0.182. The van der Waals surface area contributed by atoms with Gasteiger partial charge in [0.1, 0.15) is 5.41 Å². The van der Waals surface area contributed by atoms with Gasteiger partial charge in [-0.25, -0.2) is 0 Å². The number of hydrogen-bond acceptors (Lipinski definition) is 4. The molecule has 0 spiro atoms. The van der Waals surface area contributed by atoms with Crippen molar-refractivity contribution in [2.75, 3.05) is 6.61 Å². The Bertz CT molecular complexity index is 795. The maximum atomic E-state index is 13.1. The summed E-state index contributed by atoms with van der Waals surface area (Å²) in [6.07, 6.45) is 5.71. The monoisotopic (exact) mass is 385 g/mol. The smallest absolute Gasteiger partial charge is 0.316 e. The Balaban J connectivity index is 1.95. The van der Waals surface area contributed by atoms with E-state index in [-0.39, 0.29) is 36.8 Å². The van der Waals surface area contributed by atoms with E-state index in [4.69, 9.17) is 4.74 Å². The fourth-order valence-electron chi connectivity index (χ4n) is 7.85. The first-order valence-corrected chi connectivity index (χ1v) is 10.7. The van der Waals surface area contributed by atoms with E-state index in [0.29, 0.717) is 18.3 Å². The predicted octanol–water partition coefficient (Wildman–Crippen LogP) is 4.19. The minimum absolute atomic E-state index is 0.0110. The molecule has 0 radical (unpaired) electrons. The van der Waals surface area contributed by atoms with Crippen molar-refractivity contribution >= 4 is 11.9 Å². The molecule has 4 aliphatic rings. The van der Waals surface area contributed by atoms with E-state index in [0.717, 1.165) is 24.8 Å². The lowest BCUT2D eigenvalue weighted by Crippen LogP contribution is -2.62. The molecule has 0 heterocycles. The molecule has 0 aromatic carbocycles. The summed E-state index contributed by atoms with van der Waals surface area (Å²) in [6, 6.07) is 2.60. The van der Waals surface area contributed by atoms with Gasteiger partial charge in [0.05, 0.1) is 18.1 Å². The summed E-state index contributed by atoms with van der Waals surface area (Å²) in [5.74, 6) is -0.224. The molecule has 7 atom stereocenters. The molecular formula is C23H31NO4. The molecule has 0 aliphatic heterocycles. The van der Waals surface area contributed by atoms with Gasteiger partial charge in [-0.05, 0) is 48.9 Å². The zero-order valence-electron chi connectivity index (χ0n) is 17.3. The second-order valence-corrected chi connectivity index (χ2v) is 9.93. The zero-order valence-corrected chi connectivity index (χ0v) is 17.3. The van der Waals surface area contributed by atoms with Crippen molar-refractivity contribution in [1.29, 1.82) is 5.26 Å². The van der Waals surface area contributed by atoms with Gasteiger partial charge >= 0.3 is 11.9 Å². The van der Waals surface area contributed by atoms with Crippen molar-refractivity contribution in [3.05, 3.63) is 11.6 Å². The van der Waals surface area contributed by atoms with E-state index in [2.05, 4.69) is 19.1 Å². The molecule has 5 nitrogen and oxygen atoms in total. The van der Waals surface area contributed by atoms with E-state index in [9.17, 15) is 20.0 Å². The van der Waals surface area contributed by atoms with Crippen LogP contribution in [0.3, 0.4) is 0 Å². The third-order valence-electron chi connectivity index (χ3n) is 8.82. The number of nitriles is 1. The number of ether oxygens (including phenoxy) is 1. The van der Waals surface area contributed by atoms with Gasteiger partial charge < -0.3 is 9.84 Å². The standard InChI is InChI=1S/C23H31NO4/c1-5-19(25)28-12-22-10-16-14(4)6-7-17(16)21(11-24)9-15(22)8-18(13(2)3)23(21,22)20(26)27/h8,13-17H,5-7,9-10,12H2,1-4H3,(H,26,27)/t14-,15+,16-,17-,21+,22+,23+/m1/s1. The first-order chi connectivity index (χ1) is 13.2. The number of allylic oxidation sites excluding steroid dienone is 1. The fourth-order valence-corrected chi connectivity index (χ4v) is 7.85. The molecule has 0 aromatic rings. The van der Waals surface area contributed by atoms with Crippen LogP contribution < -0.4 is 0 Å². The van der Waals surface area contributed by atoms with Gasteiger partial charge in [-0.3, -0.25) is 9.59 Å². The summed E-state index contributed by atoms with van der Waals surface area (Å²) in [5.41, 5.74) is -1.95. The van der Waals surface area contributed by atoms with Gasteiger partial charge in [0.25, 0.3) is 0 Å². The molecule has 28 heavy (non-hydrogen) atoms. The topological polar surface area (TPSA) is 87.4 Å². The third-order valence-corrected chi connectivity index (χ3v) is 8.82. The van der Waals surface area contributed by atoms with Crippen molar-refractivity contribution in [3.63, 3.8) is 0 Å². The Kier molecular flexibility index (Phi) is 4.23. The quantitative estimate of drug-likeness (QED) is 0.566. The molecule has 3 saturated carbocycles. The Morgan fingerprint density at radius 1 is 1.36 bits per heavy atom.